The Morgan fingerprint density at radius 3 is 2.55 bits per heavy atom. The summed E-state index contributed by atoms with van der Waals surface area (Å²) in [4.78, 5) is 23.5. The van der Waals surface area contributed by atoms with E-state index in [-0.39, 0.29) is 6.61 Å². The number of methoxy groups -OCH3 is 3. The molecule has 0 aliphatic heterocycles. The van der Waals surface area contributed by atoms with Crippen LogP contribution in [0.15, 0.2) is 18.2 Å². The molecule has 0 unspecified atom stereocenters. The SMILES string of the molecule is COC[C@H](NC(=O)c1ccc(N)c(OC)c1)C(=O)OC. The van der Waals surface area contributed by atoms with Gasteiger partial charge in [-0.05, 0) is 18.2 Å². The lowest BCUT2D eigenvalue weighted by atomic mass is 10.1. The number of hydrogen-bond donors (Lipinski definition) is 2. The molecule has 1 aromatic carbocycles. The molecule has 0 bridgehead atoms. The molecule has 1 aromatic rings. The number of nitrogens with two attached hydrogens (primary N) is 1. The van der Waals surface area contributed by atoms with Crippen LogP contribution in [0.1, 0.15) is 10.4 Å². The van der Waals surface area contributed by atoms with Crippen molar-refractivity contribution in [1.29, 1.82) is 0 Å². The molecule has 110 valence electrons. The quantitative estimate of drug-likeness (QED) is 0.571. The number of esters is 1. The first-order valence-corrected chi connectivity index (χ1v) is 5.84. The molecule has 3 N–H and O–H groups in total. The zero-order chi connectivity index (χ0) is 15.1. The molecule has 0 aliphatic rings. The van der Waals surface area contributed by atoms with Crippen LogP contribution in [0.25, 0.3) is 0 Å². The van der Waals surface area contributed by atoms with Gasteiger partial charge in [0.2, 0.25) is 0 Å². The van der Waals surface area contributed by atoms with E-state index in [4.69, 9.17) is 15.2 Å². The lowest BCUT2D eigenvalue weighted by molar-refractivity contribution is -0.144. The van der Waals surface area contributed by atoms with E-state index in [1.807, 2.05) is 0 Å². The van der Waals surface area contributed by atoms with Gasteiger partial charge in [-0.1, -0.05) is 0 Å². The molecule has 1 rings (SSSR count). The van der Waals surface area contributed by atoms with Crippen LogP contribution in [-0.4, -0.2) is 45.9 Å². The van der Waals surface area contributed by atoms with Crippen LogP contribution >= 0.6 is 0 Å². The van der Waals surface area contributed by atoms with Gasteiger partial charge in [0.25, 0.3) is 5.91 Å². The Labute approximate surface area is 117 Å². The summed E-state index contributed by atoms with van der Waals surface area (Å²) in [6, 6.07) is 3.71. The predicted octanol–water partition coefficient (Wildman–Crippen LogP) is 0.195. The van der Waals surface area contributed by atoms with Gasteiger partial charge in [-0.3, -0.25) is 4.79 Å². The maximum Gasteiger partial charge on any atom is 0.330 e. The lowest BCUT2D eigenvalue weighted by Gasteiger charge is -2.16. The summed E-state index contributed by atoms with van der Waals surface area (Å²) in [5, 5.41) is 2.52. The van der Waals surface area contributed by atoms with Crippen LogP contribution in [0.3, 0.4) is 0 Å². The van der Waals surface area contributed by atoms with Crippen molar-refractivity contribution >= 4 is 17.6 Å². The Balaban J connectivity index is 2.86. The summed E-state index contributed by atoms with van der Waals surface area (Å²) >= 11 is 0. The monoisotopic (exact) mass is 282 g/mol. The summed E-state index contributed by atoms with van der Waals surface area (Å²) in [7, 11) is 4.12. The van der Waals surface area contributed by atoms with Crippen molar-refractivity contribution in [2.75, 3.05) is 33.7 Å². The minimum atomic E-state index is -0.874. The smallest absolute Gasteiger partial charge is 0.330 e. The second-order valence-electron chi connectivity index (χ2n) is 3.96. The highest BCUT2D eigenvalue weighted by molar-refractivity contribution is 5.97. The Morgan fingerprint density at radius 2 is 2.00 bits per heavy atom. The van der Waals surface area contributed by atoms with Crippen molar-refractivity contribution in [1.82, 2.24) is 5.32 Å². The van der Waals surface area contributed by atoms with Crippen molar-refractivity contribution < 1.29 is 23.8 Å². The van der Waals surface area contributed by atoms with E-state index in [9.17, 15) is 9.59 Å². The second-order valence-corrected chi connectivity index (χ2v) is 3.96. The normalized spacial score (nSPS) is 11.6. The largest absolute Gasteiger partial charge is 0.495 e. The molecule has 1 amide bonds. The first-order valence-electron chi connectivity index (χ1n) is 5.84. The third-order valence-electron chi connectivity index (χ3n) is 2.62. The number of carbonyl (C=O) groups excluding carboxylic acids is 2. The van der Waals surface area contributed by atoms with Gasteiger partial charge in [0.15, 0.2) is 6.04 Å². The fourth-order valence-electron chi connectivity index (χ4n) is 1.57. The van der Waals surface area contributed by atoms with Crippen LogP contribution in [-0.2, 0) is 14.3 Å². The van der Waals surface area contributed by atoms with Gasteiger partial charge in [0.1, 0.15) is 5.75 Å². The first-order chi connectivity index (χ1) is 9.53. The molecule has 20 heavy (non-hydrogen) atoms. The van der Waals surface area contributed by atoms with E-state index in [1.54, 1.807) is 6.07 Å². The number of nitrogens with one attached hydrogen (secondary N) is 1. The number of anilines is 1. The van der Waals surface area contributed by atoms with E-state index in [2.05, 4.69) is 10.1 Å². The second kappa shape index (κ2) is 7.34. The molecular formula is C13H18N2O5. The molecule has 0 heterocycles. The van der Waals surface area contributed by atoms with E-state index in [1.165, 1.54) is 33.5 Å². The fraction of sp³-hybridized carbons (Fsp3) is 0.385. The third kappa shape index (κ3) is 3.86. The van der Waals surface area contributed by atoms with Crippen LogP contribution in [0, 0.1) is 0 Å². The molecule has 1 atom stereocenters. The van der Waals surface area contributed by atoms with Gasteiger partial charge < -0.3 is 25.3 Å². The van der Waals surface area contributed by atoms with E-state index in [0.29, 0.717) is 17.0 Å². The average molecular weight is 282 g/mol. The highest BCUT2D eigenvalue weighted by atomic mass is 16.5. The average Bonchev–Trinajstić information content (AvgIpc) is 2.46. The first kappa shape index (κ1) is 15.8. The third-order valence-corrected chi connectivity index (χ3v) is 2.62. The van der Waals surface area contributed by atoms with Crippen molar-refractivity contribution in [2.45, 2.75) is 6.04 Å². The van der Waals surface area contributed by atoms with Crippen molar-refractivity contribution in [3.05, 3.63) is 23.8 Å². The molecule has 0 saturated carbocycles. The van der Waals surface area contributed by atoms with Gasteiger partial charge in [-0.25, -0.2) is 4.79 Å². The molecule has 0 aliphatic carbocycles. The maximum absolute atomic E-state index is 12.1. The Bertz CT molecular complexity index is 490. The minimum absolute atomic E-state index is 0.0184. The number of benzene rings is 1. The Hall–Kier alpha value is -2.28. The van der Waals surface area contributed by atoms with E-state index in [0.717, 1.165) is 0 Å². The zero-order valence-corrected chi connectivity index (χ0v) is 11.6. The van der Waals surface area contributed by atoms with E-state index < -0.39 is 17.9 Å². The summed E-state index contributed by atoms with van der Waals surface area (Å²) in [6.45, 7) is 0.0184. The number of rotatable bonds is 6. The van der Waals surface area contributed by atoms with Crippen LogP contribution < -0.4 is 15.8 Å². The topological polar surface area (TPSA) is 99.9 Å². The van der Waals surface area contributed by atoms with Crippen LogP contribution in [0.2, 0.25) is 0 Å². The van der Waals surface area contributed by atoms with Crippen LogP contribution in [0.4, 0.5) is 5.69 Å². The van der Waals surface area contributed by atoms with Gasteiger partial charge >= 0.3 is 5.97 Å². The van der Waals surface area contributed by atoms with Gasteiger partial charge in [-0.15, -0.1) is 0 Å². The molecule has 7 heteroatoms. The molecule has 0 radical (unpaired) electrons. The number of ether oxygens (including phenoxy) is 3. The Morgan fingerprint density at radius 1 is 1.30 bits per heavy atom. The van der Waals surface area contributed by atoms with Gasteiger partial charge in [0.05, 0.1) is 26.5 Å². The van der Waals surface area contributed by atoms with Gasteiger partial charge in [-0.2, -0.15) is 0 Å². The van der Waals surface area contributed by atoms with Crippen molar-refractivity contribution in [3.63, 3.8) is 0 Å². The zero-order valence-electron chi connectivity index (χ0n) is 11.6. The van der Waals surface area contributed by atoms with Crippen LogP contribution in [0.5, 0.6) is 5.75 Å². The minimum Gasteiger partial charge on any atom is -0.495 e. The summed E-state index contributed by atoms with van der Waals surface area (Å²) < 4.78 is 14.5. The number of nitrogen functional groups attached to an aromatic ring is 1. The molecule has 0 aromatic heterocycles. The summed E-state index contributed by atoms with van der Waals surface area (Å²) in [5.41, 5.74) is 6.41. The maximum atomic E-state index is 12.1. The number of hydrogen-bond acceptors (Lipinski definition) is 6. The van der Waals surface area contributed by atoms with E-state index >= 15 is 0 Å². The van der Waals surface area contributed by atoms with Gasteiger partial charge in [0, 0.05) is 12.7 Å². The molecular weight excluding hydrogens is 264 g/mol. The Kier molecular flexibility index (Phi) is 5.79. The molecule has 7 nitrogen and oxygen atoms in total. The summed E-state index contributed by atoms with van der Waals surface area (Å²) in [5.74, 6) is -0.641. The fourth-order valence-corrected chi connectivity index (χ4v) is 1.57. The lowest BCUT2D eigenvalue weighted by Crippen LogP contribution is -2.44. The van der Waals surface area contributed by atoms with Crippen molar-refractivity contribution in [2.24, 2.45) is 0 Å². The standard InChI is InChI=1S/C13H18N2O5/c1-18-7-10(13(17)20-3)15-12(16)8-4-5-9(14)11(6-8)19-2/h4-6,10H,7,14H2,1-3H3,(H,15,16)/t10-/m0/s1. The number of amides is 1. The molecule has 0 saturated heterocycles. The molecule has 0 spiro atoms. The molecule has 0 fully saturated rings. The van der Waals surface area contributed by atoms with Crippen molar-refractivity contribution in [3.8, 4) is 5.75 Å². The highest BCUT2D eigenvalue weighted by Crippen LogP contribution is 2.22. The predicted molar refractivity (Wildman–Crippen MR) is 72.6 cm³/mol. The number of carbonyl (C=O) groups is 2. The highest BCUT2D eigenvalue weighted by Gasteiger charge is 2.22. The summed E-state index contributed by atoms with van der Waals surface area (Å²) in [6.07, 6.45) is 0.